The highest BCUT2D eigenvalue weighted by Gasteiger charge is 2.10. The van der Waals surface area contributed by atoms with Crippen LogP contribution in [-0.2, 0) is 0 Å². The molecule has 25 heavy (non-hydrogen) atoms. The first kappa shape index (κ1) is 17.4. The maximum Gasteiger partial charge on any atom is 0.168 e. The molecule has 0 bridgehead atoms. The van der Waals surface area contributed by atoms with Crippen LogP contribution in [0.1, 0.15) is 25.8 Å². The standard InChI is InChI=1S/C19H26N6/c1-4-24(5-2)12-6-11-20-18-17-13-23-25(19(17)22-14-21-18)16-9-7-15(3)8-10-16/h7-10,13-14H,4-6,11-12H2,1-3H3,(H,20,21,22). The van der Waals surface area contributed by atoms with Crippen molar-refractivity contribution in [2.75, 3.05) is 31.5 Å². The molecule has 132 valence electrons. The minimum Gasteiger partial charge on any atom is -0.369 e. The molecular formula is C19H26N6. The molecular weight excluding hydrogens is 312 g/mol. The van der Waals surface area contributed by atoms with Crippen molar-refractivity contribution in [1.82, 2.24) is 24.6 Å². The number of nitrogens with zero attached hydrogens (tertiary/aromatic N) is 5. The fourth-order valence-corrected chi connectivity index (χ4v) is 2.91. The predicted octanol–water partition coefficient (Wildman–Crippen LogP) is 3.27. The van der Waals surface area contributed by atoms with E-state index in [1.807, 2.05) is 10.9 Å². The van der Waals surface area contributed by atoms with Gasteiger partial charge in [-0.3, -0.25) is 0 Å². The maximum atomic E-state index is 4.50. The SMILES string of the molecule is CCN(CC)CCCNc1ncnc2c1cnn2-c1ccc(C)cc1. The topological polar surface area (TPSA) is 58.9 Å². The average molecular weight is 338 g/mol. The Labute approximate surface area is 148 Å². The zero-order valence-electron chi connectivity index (χ0n) is 15.2. The smallest absolute Gasteiger partial charge is 0.168 e. The summed E-state index contributed by atoms with van der Waals surface area (Å²) in [5, 5.41) is 8.89. The van der Waals surface area contributed by atoms with Gasteiger partial charge in [0, 0.05) is 6.54 Å². The summed E-state index contributed by atoms with van der Waals surface area (Å²) >= 11 is 0. The average Bonchev–Trinajstić information content (AvgIpc) is 3.07. The van der Waals surface area contributed by atoms with Crippen molar-refractivity contribution in [2.24, 2.45) is 0 Å². The van der Waals surface area contributed by atoms with Gasteiger partial charge in [-0.05, 0) is 45.1 Å². The summed E-state index contributed by atoms with van der Waals surface area (Å²) in [5.74, 6) is 0.850. The molecule has 0 spiro atoms. The van der Waals surface area contributed by atoms with E-state index in [0.29, 0.717) is 0 Å². The Kier molecular flexibility index (Phi) is 5.60. The molecule has 0 atom stereocenters. The first-order valence-electron chi connectivity index (χ1n) is 8.95. The van der Waals surface area contributed by atoms with Crippen molar-refractivity contribution < 1.29 is 0 Å². The van der Waals surface area contributed by atoms with Crippen LogP contribution in [0.5, 0.6) is 0 Å². The summed E-state index contributed by atoms with van der Waals surface area (Å²) in [7, 11) is 0. The van der Waals surface area contributed by atoms with Crippen LogP contribution in [0.2, 0.25) is 0 Å². The molecule has 6 heteroatoms. The maximum absolute atomic E-state index is 4.50. The molecule has 0 aliphatic carbocycles. The summed E-state index contributed by atoms with van der Waals surface area (Å²) in [6, 6.07) is 8.27. The van der Waals surface area contributed by atoms with Crippen LogP contribution in [0.3, 0.4) is 0 Å². The molecule has 0 saturated heterocycles. The van der Waals surface area contributed by atoms with Gasteiger partial charge in [-0.25, -0.2) is 14.6 Å². The Balaban J connectivity index is 1.74. The Morgan fingerprint density at radius 1 is 1.08 bits per heavy atom. The Morgan fingerprint density at radius 2 is 1.84 bits per heavy atom. The van der Waals surface area contributed by atoms with Crippen LogP contribution in [0.4, 0.5) is 5.82 Å². The van der Waals surface area contributed by atoms with E-state index >= 15 is 0 Å². The van der Waals surface area contributed by atoms with E-state index in [1.165, 1.54) is 5.56 Å². The van der Waals surface area contributed by atoms with Gasteiger partial charge in [-0.15, -0.1) is 0 Å². The van der Waals surface area contributed by atoms with Gasteiger partial charge >= 0.3 is 0 Å². The summed E-state index contributed by atoms with van der Waals surface area (Å²) < 4.78 is 1.86. The fourth-order valence-electron chi connectivity index (χ4n) is 2.91. The molecule has 6 nitrogen and oxygen atoms in total. The summed E-state index contributed by atoms with van der Waals surface area (Å²) in [6.45, 7) is 10.6. The molecule has 2 aromatic heterocycles. The van der Waals surface area contributed by atoms with Gasteiger partial charge in [0.05, 0.1) is 17.3 Å². The van der Waals surface area contributed by atoms with Crippen LogP contribution in [0.25, 0.3) is 16.7 Å². The van der Waals surface area contributed by atoms with E-state index in [2.05, 4.69) is 70.3 Å². The molecule has 3 rings (SSSR count). The molecule has 0 radical (unpaired) electrons. The summed E-state index contributed by atoms with van der Waals surface area (Å²) in [6.07, 6.45) is 4.52. The van der Waals surface area contributed by atoms with E-state index < -0.39 is 0 Å². The molecule has 0 amide bonds. The van der Waals surface area contributed by atoms with Crippen molar-refractivity contribution in [1.29, 1.82) is 0 Å². The number of anilines is 1. The summed E-state index contributed by atoms with van der Waals surface area (Å²) in [4.78, 5) is 11.2. The number of hydrogen-bond donors (Lipinski definition) is 1. The van der Waals surface area contributed by atoms with E-state index in [4.69, 9.17) is 0 Å². The molecule has 1 aromatic carbocycles. The lowest BCUT2D eigenvalue weighted by atomic mass is 10.2. The Bertz CT molecular complexity index is 804. The second-order valence-corrected chi connectivity index (χ2v) is 6.16. The largest absolute Gasteiger partial charge is 0.369 e. The number of benzene rings is 1. The van der Waals surface area contributed by atoms with Crippen LogP contribution in [0, 0.1) is 6.92 Å². The lowest BCUT2D eigenvalue weighted by Gasteiger charge is -2.17. The minimum absolute atomic E-state index is 0.824. The molecule has 0 aliphatic rings. The number of nitrogens with one attached hydrogen (secondary N) is 1. The second-order valence-electron chi connectivity index (χ2n) is 6.16. The highest BCUT2D eigenvalue weighted by molar-refractivity contribution is 5.87. The normalized spacial score (nSPS) is 11.4. The highest BCUT2D eigenvalue weighted by atomic mass is 15.3. The lowest BCUT2D eigenvalue weighted by molar-refractivity contribution is 0.303. The number of aryl methyl sites for hydroxylation is 1. The molecule has 0 saturated carbocycles. The van der Waals surface area contributed by atoms with Gasteiger partial charge in [-0.1, -0.05) is 31.5 Å². The third kappa shape index (κ3) is 3.96. The van der Waals surface area contributed by atoms with Crippen LogP contribution >= 0.6 is 0 Å². The predicted molar refractivity (Wildman–Crippen MR) is 102 cm³/mol. The molecule has 0 fully saturated rings. The fraction of sp³-hybridized carbons (Fsp3) is 0.421. The van der Waals surface area contributed by atoms with E-state index in [0.717, 1.165) is 55.1 Å². The van der Waals surface area contributed by atoms with E-state index in [-0.39, 0.29) is 0 Å². The Morgan fingerprint density at radius 3 is 2.56 bits per heavy atom. The highest BCUT2D eigenvalue weighted by Crippen LogP contribution is 2.21. The minimum atomic E-state index is 0.824. The number of aromatic nitrogens is 4. The van der Waals surface area contributed by atoms with E-state index in [9.17, 15) is 0 Å². The van der Waals surface area contributed by atoms with Crippen molar-refractivity contribution in [3.63, 3.8) is 0 Å². The number of rotatable bonds is 8. The van der Waals surface area contributed by atoms with Crippen molar-refractivity contribution in [3.8, 4) is 5.69 Å². The third-order valence-corrected chi connectivity index (χ3v) is 4.48. The van der Waals surface area contributed by atoms with Gasteiger partial charge in [0.1, 0.15) is 12.1 Å². The first-order chi connectivity index (χ1) is 12.2. The second kappa shape index (κ2) is 8.07. The van der Waals surface area contributed by atoms with Crippen LogP contribution in [-0.4, -0.2) is 50.8 Å². The first-order valence-corrected chi connectivity index (χ1v) is 8.95. The molecule has 2 heterocycles. The van der Waals surface area contributed by atoms with Gasteiger partial charge in [0.25, 0.3) is 0 Å². The zero-order valence-corrected chi connectivity index (χ0v) is 15.2. The molecule has 3 aromatic rings. The lowest BCUT2D eigenvalue weighted by Crippen LogP contribution is -2.25. The monoisotopic (exact) mass is 338 g/mol. The van der Waals surface area contributed by atoms with Gasteiger partial charge in [0.2, 0.25) is 0 Å². The van der Waals surface area contributed by atoms with Crippen molar-refractivity contribution >= 4 is 16.9 Å². The third-order valence-electron chi connectivity index (χ3n) is 4.48. The number of hydrogen-bond acceptors (Lipinski definition) is 5. The van der Waals surface area contributed by atoms with Gasteiger partial charge in [0.15, 0.2) is 5.65 Å². The Hall–Kier alpha value is -2.47. The molecule has 1 N–H and O–H groups in total. The van der Waals surface area contributed by atoms with Crippen molar-refractivity contribution in [3.05, 3.63) is 42.4 Å². The molecule has 0 unspecified atom stereocenters. The number of fused-ring (bicyclic) bond motifs is 1. The van der Waals surface area contributed by atoms with Crippen LogP contribution < -0.4 is 5.32 Å². The molecule has 0 aliphatic heterocycles. The zero-order chi connectivity index (χ0) is 17.6. The quantitative estimate of drug-likeness (QED) is 0.639. The van der Waals surface area contributed by atoms with Gasteiger partial charge in [-0.2, -0.15) is 5.10 Å². The summed E-state index contributed by atoms with van der Waals surface area (Å²) in [5.41, 5.74) is 3.06. The van der Waals surface area contributed by atoms with Gasteiger partial charge < -0.3 is 10.2 Å². The van der Waals surface area contributed by atoms with E-state index in [1.54, 1.807) is 6.33 Å². The van der Waals surface area contributed by atoms with Crippen molar-refractivity contribution in [2.45, 2.75) is 27.2 Å². The van der Waals surface area contributed by atoms with Crippen LogP contribution in [0.15, 0.2) is 36.8 Å².